The van der Waals surface area contributed by atoms with E-state index in [9.17, 15) is 4.79 Å². The van der Waals surface area contributed by atoms with Crippen LogP contribution in [0.25, 0.3) is 22.8 Å². The molecule has 0 spiro atoms. The summed E-state index contributed by atoms with van der Waals surface area (Å²) in [6, 6.07) is 8.11. The molecule has 0 aliphatic heterocycles. The molecule has 6 nitrogen and oxygen atoms in total. The van der Waals surface area contributed by atoms with Gasteiger partial charge in [0.25, 0.3) is 0 Å². The van der Waals surface area contributed by atoms with Crippen LogP contribution in [0.4, 0.5) is 0 Å². The highest BCUT2D eigenvalue weighted by molar-refractivity contribution is 5.87. The molecule has 0 bridgehead atoms. The van der Waals surface area contributed by atoms with E-state index in [1.54, 1.807) is 10.8 Å². The van der Waals surface area contributed by atoms with Crippen molar-refractivity contribution in [3.8, 4) is 11.6 Å². The average molecular weight is 351 g/mol. The normalized spacial score (nSPS) is 14.4. The van der Waals surface area contributed by atoms with Crippen LogP contribution in [0.2, 0.25) is 0 Å². The molecule has 0 saturated heterocycles. The Bertz CT molecular complexity index is 1010. The number of nitrogens with zero attached hydrogens (tertiary/aromatic N) is 3. The van der Waals surface area contributed by atoms with Gasteiger partial charge in [-0.3, -0.25) is 4.68 Å². The first-order valence-corrected chi connectivity index (χ1v) is 8.72. The molecule has 1 saturated carbocycles. The fourth-order valence-electron chi connectivity index (χ4n) is 3.18. The molecule has 0 unspecified atom stereocenters. The van der Waals surface area contributed by atoms with E-state index < -0.39 is 5.97 Å². The Labute approximate surface area is 151 Å². The lowest BCUT2D eigenvalue weighted by molar-refractivity contribution is -0.131. The first-order chi connectivity index (χ1) is 12.5. The van der Waals surface area contributed by atoms with Crippen molar-refractivity contribution in [1.82, 2.24) is 14.3 Å². The zero-order valence-electron chi connectivity index (χ0n) is 14.8. The van der Waals surface area contributed by atoms with E-state index in [-0.39, 0.29) is 0 Å². The second kappa shape index (κ2) is 6.37. The Hall–Kier alpha value is -3.02. The number of benzene rings is 1. The lowest BCUT2D eigenvalue weighted by Gasteiger charge is -2.10. The van der Waals surface area contributed by atoms with Crippen molar-refractivity contribution in [3.05, 3.63) is 47.8 Å². The molecule has 26 heavy (non-hydrogen) atoms. The number of hydrogen-bond acceptors (Lipinski definition) is 3. The molecule has 3 aromatic rings. The van der Waals surface area contributed by atoms with Crippen molar-refractivity contribution in [2.24, 2.45) is 13.0 Å². The first-order valence-electron chi connectivity index (χ1n) is 8.72. The number of aromatic nitrogens is 3. The monoisotopic (exact) mass is 351 g/mol. The van der Waals surface area contributed by atoms with Gasteiger partial charge in [0.2, 0.25) is 0 Å². The van der Waals surface area contributed by atoms with Crippen LogP contribution in [0.5, 0.6) is 5.75 Å². The maximum atomic E-state index is 10.9. The predicted octanol–water partition coefficient (Wildman–Crippen LogP) is 3.56. The summed E-state index contributed by atoms with van der Waals surface area (Å²) in [7, 11) is 1.86. The number of carboxylic acids is 1. The molecule has 2 heterocycles. The number of hydrogen-bond donors (Lipinski definition) is 1. The standard InChI is InChI=1S/C20H21N3O3/c1-13-17(7-8-19(24)25)20(22(2)21-13)23-10-9-15-5-6-16(11-18(15)23)26-12-14-3-4-14/h5-11,14H,3-4,12H2,1-2H3,(H,24,25). The molecule has 0 atom stereocenters. The number of rotatable bonds is 6. The topological polar surface area (TPSA) is 69.3 Å². The third-order valence-corrected chi connectivity index (χ3v) is 4.71. The van der Waals surface area contributed by atoms with Gasteiger partial charge in [-0.1, -0.05) is 0 Å². The molecule has 1 fully saturated rings. The second-order valence-corrected chi connectivity index (χ2v) is 6.78. The maximum absolute atomic E-state index is 10.9. The average Bonchev–Trinajstić information content (AvgIpc) is 3.28. The third-order valence-electron chi connectivity index (χ3n) is 4.71. The van der Waals surface area contributed by atoms with Gasteiger partial charge in [-0.25, -0.2) is 4.79 Å². The van der Waals surface area contributed by atoms with E-state index in [1.807, 2.05) is 49.0 Å². The molecule has 0 radical (unpaired) electrons. The lowest BCUT2D eigenvalue weighted by atomic mass is 10.2. The Kier molecular flexibility index (Phi) is 4.03. The highest BCUT2D eigenvalue weighted by Crippen LogP contribution is 2.31. The summed E-state index contributed by atoms with van der Waals surface area (Å²) in [4.78, 5) is 10.9. The second-order valence-electron chi connectivity index (χ2n) is 6.78. The molecular formula is C20H21N3O3. The summed E-state index contributed by atoms with van der Waals surface area (Å²) in [6.45, 7) is 2.64. The zero-order chi connectivity index (χ0) is 18.3. The van der Waals surface area contributed by atoms with E-state index in [0.717, 1.165) is 46.4 Å². The van der Waals surface area contributed by atoms with Crippen LogP contribution in [-0.2, 0) is 11.8 Å². The highest BCUT2D eigenvalue weighted by atomic mass is 16.5. The molecule has 1 aromatic carbocycles. The van der Waals surface area contributed by atoms with Crippen LogP contribution in [0, 0.1) is 12.8 Å². The van der Waals surface area contributed by atoms with Crippen molar-refractivity contribution in [3.63, 3.8) is 0 Å². The van der Waals surface area contributed by atoms with Crippen LogP contribution in [0.3, 0.4) is 0 Å². The number of aliphatic carboxylic acids is 1. The molecule has 1 aliphatic carbocycles. The SMILES string of the molecule is Cc1nn(C)c(-n2ccc3ccc(OCC4CC4)cc32)c1C=CC(=O)O. The van der Waals surface area contributed by atoms with Gasteiger partial charge in [-0.15, -0.1) is 0 Å². The minimum Gasteiger partial charge on any atom is -0.493 e. The summed E-state index contributed by atoms with van der Waals surface area (Å²) >= 11 is 0. The van der Waals surface area contributed by atoms with E-state index in [1.165, 1.54) is 12.8 Å². The predicted molar refractivity (Wildman–Crippen MR) is 99.7 cm³/mol. The smallest absolute Gasteiger partial charge is 0.328 e. The van der Waals surface area contributed by atoms with E-state index in [2.05, 4.69) is 5.10 Å². The number of aryl methyl sites for hydroxylation is 2. The van der Waals surface area contributed by atoms with Crippen molar-refractivity contribution in [1.29, 1.82) is 0 Å². The van der Waals surface area contributed by atoms with Crippen LogP contribution in [0.15, 0.2) is 36.5 Å². The fraction of sp³-hybridized carbons (Fsp3) is 0.300. The fourth-order valence-corrected chi connectivity index (χ4v) is 3.18. The molecule has 1 aliphatic rings. The van der Waals surface area contributed by atoms with E-state index >= 15 is 0 Å². The molecule has 1 N–H and O–H groups in total. The molecular weight excluding hydrogens is 330 g/mol. The molecule has 2 aromatic heterocycles. The van der Waals surface area contributed by atoms with Crippen molar-refractivity contribution in [2.75, 3.05) is 6.61 Å². The van der Waals surface area contributed by atoms with Gasteiger partial charge in [-0.05, 0) is 50.0 Å². The van der Waals surface area contributed by atoms with Crippen LogP contribution >= 0.6 is 0 Å². The Balaban J connectivity index is 1.78. The van der Waals surface area contributed by atoms with Gasteiger partial charge < -0.3 is 14.4 Å². The third kappa shape index (κ3) is 3.10. The van der Waals surface area contributed by atoms with Crippen molar-refractivity contribution >= 4 is 22.9 Å². The summed E-state index contributed by atoms with van der Waals surface area (Å²) < 4.78 is 9.72. The quantitative estimate of drug-likeness (QED) is 0.690. The van der Waals surface area contributed by atoms with Crippen LogP contribution in [-0.4, -0.2) is 32.0 Å². The first kappa shape index (κ1) is 16.4. The highest BCUT2D eigenvalue weighted by Gasteiger charge is 2.22. The Morgan fingerprint density at radius 3 is 2.92 bits per heavy atom. The molecule has 6 heteroatoms. The maximum Gasteiger partial charge on any atom is 0.328 e. The summed E-state index contributed by atoms with van der Waals surface area (Å²) in [5.41, 5.74) is 2.57. The van der Waals surface area contributed by atoms with Crippen LogP contribution in [0.1, 0.15) is 24.1 Å². The van der Waals surface area contributed by atoms with Gasteiger partial charge in [0.05, 0.1) is 17.8 Å². The van der Waals surface area contributed by atoms with Crippen molar-refractivity contribution in [2.45, 2.75) is 19.8 Å². The largest absolute Gasteiger partial charge is 0.493 e. The van der Waals surface area contributed by atoms with Gasteiger partial charge in [0.15, 0.2) is 0 Å². The number of carboxylic acid groups (broad SMARTS) is 1. The van der Waals surface area contributed by atoms with Crippen molar-refractivity contribution < 1.29 is 14.6 Å². The lowest BCUT2D eigenvalue weighted by Crippen LogP contribution is -2.04. The zero-order valence-corrected chi connectivity index (χ0v) is 14.8. The summed E-state index contributed by atoms with van der Waals surface area (Å²) in [6.07, 6.45) is 7.23. The molecule has 134 valence electrons. The molecule has 4 rings (SSSR count). The van der Waals surface area contributed by atoms with Gasteiger partial charge in [0, 0.05) is 36.3 Å². The van der Waals surface area contributed by atoms with Gasteiger partial charge >= 0.3 is 5.97 Å². The van der Waals surface area contributed by atoms with Gasteiger partial charge in [-0.2, -0.15) is 5.10 Å². The number of carbonyl (C=O) groups is 1. The Morgan fingerprint density at radius 1 is 1.38 bits per heavy atom. The summed E-state index contributed by atoms with van der Waals surface area (Å²) in [5.74, 6) is 1.40. The minimum atomic E-state index is -0.979. The summed E-state index contributed by atoms with van der Waals surface area (Å²) in [5, 5.41) is 14.5. The van der Waals surface area contributed by atoms with Crippen LogP contribution < -0.4 is 4.74 Å². The number of ether oxygens (including phenoxy) is 1. The van der Waals surface area contributed by atoms with E-state index in [4.69, 9.17) is 9.84 Å². The van der Waals surface area contributed by atoms with Gasteiger partial charge in [0.1, 0.15) is 11.6 Å². The molecule has 0 amide bonds. The van der Waals surface area contributed by atoms with E-state index in [0.29, 0.717) is 5.92 Å². The number of fused-ring (bicyclic) bond motifs is 1. The minimum absolute atomic E-state index is 0.699. The Morgan fingerprint density at radius 2 is 2.19 bits per heavy atom.